The molecule has 2 saturated heterocycles. The second kappa shape index (κ2) is 20.3. The Balaban J connectivity index is 0.946. The number of aliphatic hydroxyl groups is 1. The van der Waals surface area contributed by atoms with Gasteiger partial charge in [0, 0.05) is 43.5 Å². The van der Waals surface area contributed by atoms with Gasteiger partial charge in [-0.3, -0.25) is 14.4 Å². The highest BCUT2D eigenvalue weighted by atomic mass is 32.1. The molecular formula is C42H53F2N7O7S2. The van der Waals surface area contributed by atoms with E-state index in [-0.39, 0.29) is 63.6 Å². The molecule has 6 rings (SSSR count). The van der Waals surface area contributed by atoms with E-state index in [4.69, 9.17) is 14.2 Å². The fraction of sp³-hybridized carbons (Fsp3) is 0.500. The summed E-state index contributed by atoms with van der Waals surface area (Å²) in [7, 11) is 0. The van der Waals surface area contributed by atoms with Crippen molar-refractivity contribution in [3.8, 4) is 27.4 Å². The van der Waals surface area contributed by atoms with Crippen molar-refractivity contribution < 1.29 is 42.5 Å². The first kappa shape index (κ1) is 44.9. The summed E-state index contributed by atoms with van der Waals surface area (Å²) in [4.78, 5) is 54.2. The first-order valence-electron chi connectivity index (χ1n) is 20.0. The lowest BCUT2D eigenvalue weighted by molar-refractivity contribution is -0.144. The Labute approximate surface area is 356 Å². The number of aromatic nitrogens is 2. The molecule has 2 fully saturated rings. The molecule has 0 spiro atoms. The van der Waals surface area contributed by atoms with Crippen LogP contribution in [0.5, 0.6) is 5.75 Å². The third kappa shape index (κ3) is 11.2. The number of amides is 3. The maximum Gasteiger partial charge on any atom is 0.246 e. The van der Waals surface area contributed by atoms with E-state index in [0.29, 0.717) is 37.6 Å². The average Bonchev–Trinajstić information content (AvgIpc) is 3.99. The van der Waals surface area contributed by atoms with Crippen molar-refractivity contribution in [3.05, 3.63) is 70.2 Å². The van der Waals surface area contributed by atoms with Gasteiger partial charge in [0.2, 0.25) is 23.5 Å². The van der Waals surface area contributed by atoms with Gasteiger partial charge in [-0.05, 0) is 42.5 Å². The molecule has 2 aliphatic heterocycles. The highest BCUT2D eigenvalue weighted by Gasteiger charge is 2.44. The summed E-state index contributed by atoms with van der Waals surface area (Å²) < 4.78 is 45.8. The fourth-order valence-corrected chi connectivity index (χ4v) is 8.73. The van der Waals surface area contributed by atoms with Gasteiger partial charge in [-0.1, -0.05) is 45.0 Å². The number of benzene rings is 2. The average molecular weight is 870 g/mol. The number of aliphatic hydroxyl groups excluding tert-OH is 1. The molecular weight excluding hydrogens is 817 g/mol. The minimum Gasteiger partial charge on any atom is -0.487 e. The van der Waals surface area contributed by atoms with Crippen LogP contribution in [0.25, 0.3) is 21.7 Å². The third-order valence-corrected chi connectivity index (χ3v) is 12.2. The number of hydrogen-bond donors (Lipinski definition) is 4. The molecule has 18 heteroatoms. The standard InChI is InChI=1S/C42H53F2N7O7S2/c1-25(27-6-8-28(9-7-27)37-26(2)46-24-60-37)47-39(54)33-20-29(52)22-51(33)40(55)38(42(3,4)5)49-34(53)21-45-12-15-56-18-19-58-36-30(10-11-31(43)35(36)44)32-23-59-41(48-32)50-13-16-57-17-14-50/h6-11,23-25,29,33,38,45,52H,12-22H2,1-5H3,(H,47,54)(H,49,53)/t25-,29+,33-,38+/m0/s1. The van der Waals surface area contributed by atoms with Gasteiger partial charge in [0.25, 0.3) is 0 Å². The smallest absolute Gasteiger partial charge is 0.246 e. The summed E-state index contributed by atoms with van der Waals surface area (Å²) in [5.41, 5.74) is 4.77. The number of rotatable bonds is 17. The Morgan fingerprint density at radius 2 is 1.78 bits per heavy atom. The SMILES string of the molecule is Cc1ncsc1-c1ccc([C@H](C)NC(=O)[C@@H]2C[C@@H](O)CN2C(=O)[C@@H](NC(=O)CNCCOCCOc2c(-c3csc(N4CCOCC4)n3)ccc(F)c2F)C(C)(C)C)cc1. The van der Waals surface area contributed by atoms with E-state index in [1.807, 2.05) is 58.9 Å². The van der Waals surface area contributed by atoms with Crippen LogP contribution in [0, 0.1) is 24.0 Å². The van der Waals surface area contributed by atoms with E-state index in [0.717, 1.165) is 32.9 Å². The lowest BCUT2D eigenvalue weighted by atomic mass is 9.85. The predicted molar refractivity (Wildman–Crippen MR) is 226 cm³/mol. The van der Waals surface area contributed by atoms with Crippen LogP contribution >= 0.6 is 22.7 Å². The van der Waals surface area contributed by atoms with Crippen LogP contribution in [-0.4, -0.2) is 122 Å². The van der Waals surface area contributed by atoms with Gasteiger partial charge in [-0.25, -0.2) is 14.4 Å². The summed E-state index contributed by atoms with van der Waals surface area (Å²) in [6.07, 6.45) is -0.821. The van der Waals surface area contributed by atoms with Crippen molar-refractivity contribution in [1.82, 2.24) is 30.8 Å². The molecule has 4 aromatic rings. The number of carbonyl (C=O) groups is 3. The molecule has 2 aliphatic rings. The summed E-state index contributed by atoms with van der Waals surface area (Å²) in [5.74, 6) is -3.68. The van der Waals surface area contributed by atoms with Crippen molar-refractivity contribution in [3.63, 3.8) is 0 Å². The highest BCUT2D eigenvalue weighted by Crippen LogP contribution is 2.37. The van der Waals surface area contributed by atoms with Gasteiger partial charge < -0.3 is 45.1 Å². The van der Waals surface area contributed by atoms with Crippen LogP contribution in [0.1, 0.15) is 51.4 Å². The van der Waals surface area contributed by atoms with E-state index in [2.05, 4.69) is 30.8 Å². The summed E-state index contributed by atoms with van der Waals surface area (Å²) in [5, 5.41) is 22.0. The molecule has 324 valence electrons. The number of halogens is 2. The predicted octanol–water partition coefficient (Wildman–Crippen LogP) is 4.71. The molecule has 0 bridgehead atoms. The van der Waals surface area contributed by atoms with Gasteiger partial charge in [0.15, 0.2) is 16.7 Å². The van der Waals surface area contributed by atoms with Gasteiger partial charge >= 0.3 is 0 Å². The first-order valence-corrected chi connectivity index (χ1v) is 21.7. The molecule has 14 nitrogen and oxygen atoms in total. The van der Waals surface area contributed by atoms with Crippen LogP contribution < -0.4 is 25.6 Å². The maximum atomic E-state index is 14.9. The van der Waals surface area contributed by atoms with Gasteiger partial charge in [0.1, 0.15) is 18.7 Å². The number of morpholine rings is 1. The molecule has 4 atom stereocenters. The Morgan fingerprint density at radius 3 is 2.48 bits per heavy atom. The van der Waals surface area contributed by atoms with Crippen molar-refractivity contribution in [2.75, 3.05) is 70.7 Å². The second-order valence-electron chi connectivity index (χ2n) is 15.9. The number of aryl methyl sites for hydroxylation is 1. The van der Waals surface area contributed by atoms with Crippen molar-refractivity contribution >= 4 is 45.5 Å². The number of anilines is 1. The number of carbonyl (C=O) groups excluding carboxylic acids is 3. The number of nitrogens with one attached hydrogen (secondary N) is 3. The molecule has 2 aromatic carbocycles. The fourth-order valence-electron chi connectivity index (χ4n) is 7.04. The number of hydrogen-bond acceptors (Lipinski definition) is 13. The van der Waals surface area contributed by atoms with E-state index in [1.165, 1.54) is 22.3 Å². The Kier molecular flexibility index (Phi) is 15.2. The van der Waals surface area contributed by atoms with Crippen LogP contribution in [0.3, 0.4) is 0 Å². The first-order chi connectivity index (χ1) is 28.7. The number of β-amino-alcohol motifs (C(OH)–C–C–N with tert-alkyl or cyclic N) is 1. The zero-order valence-electron chi connectivity index (χ0n) is 34.5. The van der Waals surface area contributed by atoms with E-state index in [9.17, 15) is 28.3 Å². The zero-order valence-corrected chi connectivity index (χ0v) is 36.1. The molecule has 0 unspecified atom stereocenters. The lowest BCUT2D eigenvalue weighted by Gasteiger charge is -2.35. The van der Waals surface area contributed by atoms with Crippen molar-refractivity contribution in [2.45, 2.75) is 65.3 Å². The Hall–Kier alpha value is -4.59. The minimum atomic E-state index is -1.11. The highest BCUT2D eigenvalue weighted by molar-refractivity contribution is 7.14. The molecule has 3 amide bonds. The molecule has 0 aliphatic carbocycles. The molecule has 0 saturated carbocycles. The van der Waals surface area contributed by atoms with Crippen LogP contribution in [0.2, 0.25) is 0 Å². The number of nitrogens with zero attached hydrogens (tertiary/aromatic N) is 4. The second-order valence-corrected chi connectivity index (χ2v) is 17.6. The van der Waals surface area contributed by atoms with E-state index >= 15 is 0 Å². The normalized spacial score (nSPS) is 18.0. The van der Waals surface area contributed by atoms with E-state index in [1.54, 1.807) is 22.2 Å². The molecule has 60 heavy (non-hydrogen) atoms. The number of thiazole rings is 2. The molecule has 2 aromatic heterocycles. The van der Waals surface area contributed by atoms with Gasteiger partial charge in [-0.2, -0.15) is 4.39 Å². The van der Waals surface area contributed by atoms with Crippen LogP contribution in [0.4, 0.5) is 13.9 Å². The third-order valence-electron chi connectivity index (χ3n) is 10.3. The number of ether oxygens (including phenoxy) is 3. The minimum absolute atomic E-state index is 0.0378. The lowest BCUT2D eigenvalue weighted by Crippen LogP contribution is -2.58. The van der Waals surface area contributed by atoms with Crippen molar-refractivity contribution in [1.29, 1.82) is 0 Å². The molecule has 4 heterocycles. The molecule has 4 N–H and O–H groups in total. The largest absolute Gasteiger partial charge is 0.487 e. The number of likely N-dealkylation sites (tertiary alicyclic amines) is 1. The summed E-state index contributed by atoms with van der Waals surface area (Å²) >= 11 is 2.97. The monoisotopic (exact) mass is 869 g/mol. The zero-order chi connectivity index (χ0) is 43.0. The van der Waals surface area contributed by atoms with Gasteiger partial charge in [-0.15, -0.1) is 22.7 Å². The molecule has 0 radical (unpaired) electrons. The van der Waals surface area contributed by atoms with Crippen LogP contribution in [-0.2, 0) is 23.9 Å². The maximum absolute atomic E-state index is 14.9. The van der Waals surface area contributed by atoms with Crippen molar-refractivity contribution in [2.24, 2.45) is 5.41 Å². The Bertz CT molecular complexity index is 2090. The summed E-state index contributed by atoms with van der Waals surface area (Å²) in [6, 6.07) is 8.10. The summed E-state index contributed by atoms with van der Waals surface area (Å²) in [6.45, 7) is 12.2. The van der Waals surface area contributed by atoms with Gasteiger partial charge in [0.05, 0.1) is 66.9 Å². The van der Waals surface area contributed by atoms with E-state index < -0.39 is 47.1 Å². The Morgan fingerprint density at radius 1 is 1.03 bits per heavy atom. The quantitative estimate of drug-likeness (QED) is 0.109. The van der Waals surface area contributed by atoms with Crippen LogP contribution in [0.15, 0.2) is 47.3 Å². The topological polar surface area (TPSA) is 167 Å².